The number of ketones is 1. The maximum absolute atomic E-state index is 12.6. The number of hydrogen-bond donors (Lipinski definition) is 2. The number of hydrogen-bond acceptors (Lipinski definition) is 3. The molecule has 2 N–H and O–H groups in total. The fraction of sp³-hybridized carbons (Fsp3) is 0.421. The maximum atomic E-state index is 12.6. The van der Waals surface area contributed by atoms with Crippen molar-refractivity contribution in [2.75, 3.05) is 0 Å². The first kappa shape index (κ1) is 17.9. The summed E-state index contributed by atoms with van der Waals surface area (Å²) in [5, 5.41) is 5.44. The van der Waals surface area contributed by atoms with E-state index < -0.39 is 12.0 Å². The number of allylic oxidation sites excluding steroid dienone is 1. The Hall–Kier alpha value is -2.43. The monoisotopic (exact) mass is 328 g/mol. The van der Waals surface area contributed by atoms with E-state index in [0.29, 0.717) is 24.1 Å². The van der Waals surface area contributed by atoms with Crippen LogP contribution < -0.4 is 10.6 Å². The lowest BCUT2D eigenvalue weighted by atomic mass is 9.87. The van der Waals surface area contributed by atoms with E-state index in [9.17, 15) is 14.4 Å². The topological polar surface area (TPSA) is 75.3 Å². The first-order valence-corrected chi connectivity index (χ1v) is 8.25. The normalized spacial score (nSPS) is 18.9. The summed E-state index contributed by atoms with van der Waals surface area (Å²) in [6, 6.07) is 8.39. The molecule has 2 atom stereocenters. The number of amides is 2. The highest BCUT2D eigenvalue weighted by Gasteiger charge is 2.31. The van der Waals surface area contributed by atoms with Gasteiger partial charge in [0.05, 0.1) is 0 Å². The van der Waals surface area contributed by atoms with Gasteiger partial charge in [0.2, 0.25) is 11.8 Å². The van der Waals surface area contributed by atoms with Crippen LogP contribution in [0.4, 0.5) is 0 Å². The van der Waals surface area contributed by atoms with Crippen molar-refractivity contribution in [2.45, 2.75) is 39.2 Å². The minimum atomic E-state index is -0.559. The van der Waals surface area contributed by atoms with E-state index in [1.165, 1.54) is 0 Å². The van der Waals surface area contributed by atoms with Crippen molar-refractivity contribution in [1.82, 2.24) is 10.6 Å². The minimum absolute atomic E-state index is 0.000667. The van der Waals surface area contributed by atoms with Crippen LogP contribution in [0.1, 0.15) is 43.5 Å². The summed E-state index contributed by atoms with van der Waals surface area (Å²) in [6.07, 6.45) is 1.31. The van der Waals surface area contributed by atoms with Crippen LogP contribution in [0.5, 0.6) is 0 Å². The van der Waals surface area contributed by atoms with Gasteiger partial charge >= 0.3 is 0 Å². The van der Waals surface area contributed by atoms with Crippen LogP contribution >= 0.6 is 0 Å². The summed E-state index contributed by atoms with van der Waals surface area (Å²) in [7, 11) is 0. The van der Waals surface area contributed by atoms with Crippen LogP contribution in [0.15, 0.2) is 42.6 Å². The highest BCUT2D eigenvalue weighted by molar-refractivity contribution is 5.99. The Bertz CT molecular complexity index is 637. The van der Waals surface area contributed by atoms with Crippen LogP contribution in [-0.2, 0) is 9.59 Å². The van der Waals surface area contributed by atoms with Gasteiger partial charge in [-0.15, -0.1) is 0 Å². The van der Waals surface area contributed by atoms with E-state index in [1.54, 1.807) is 24.3 Å². The Morgan fingerprint density at radius 1 is 1.29 bits per heavy atom. The van der Waals surface area contributed by atoms with Crippen molar-refractivity contribution in [2.24, 2.45) is 11.8 Å². The quantitative estimate of drug-likeness (QED) is 0.788. The Labute approximate surface area is 142 Å². The zero-order valence-electron chi connectivity index (χ0n) is 14.2. The smallest absolute Gasteiger partial charge is 0.246 e. The molecular formula is C19H24N2O3. The summed E-state index contributed by atoms with van der Waals surface area (Å²) in [6.45, 7) is 7.54. The van der Waals surface area contributed by atoms with E-state index in [-0.39, 0.29) is 29.9 Å². The molecule has 0 aliphatic carbocycles. The molecule has 0 saturated carbocycles. The molecule has 1 heterocycles. The molecule has 5 nitrogen and oxygen atoms in total. The SMILES string of the molecule is C=C1CCC(NC(=O)[C@@H](CC(=O)c2ccccc2)C(C)C)C(=O)N1. The summed E-state index contributed by atoms with van der Waals surface area (Å²) in [4.78, 5) is 36.9. The third-order valence-corrected chi connectivity index (χ3v) is 4.31. The number of nitrogens with one attached hydrogen (secondary N) is 2. The van der Waals surface area contributed by atoms with Crippen LogP contribution in [0.3, 0.4) is 0 Å². The molecule has 5 heteroatoms. The number of benzene rings is 1. The second-order valence-corrected chi connectivity index (χ2v) is 6.54. The van der Waals surface area contributed by atoms with Crippen molar-refractivity contribution in [1.29, 1.82) is 0 Å². The molecule has 1 saturated heterocycles. The molecule has 1 aliphatic heterocycles. The maximum Gasteiger partial charge on any atom is 0.246 e. The van der Waals surface area contributed by atoms with E-state index in [4.69, 9.17) is 0 Å². The predicted molar refractivity (Wildman–Crippen MR) is 92.2 cm³/mol. The molecule has 1 unspecified atom stereocenters. The lowest BCUT2D eigenvalue weighted by Gasteiger charge is -2.27. The van der Waals surface area contributed by atoms with Crippen LogP contribution in [0, 0.1) is 11.8 Å². The van der Waals surface area contributed by atoms with Gasteiger partial charge < -0.3 is 10.6 Å². The van der Waals surface area contributed by atoms with Gasteiger partial charge in [-0.2, -0.15) is 0 Å². The largest absolute Gasteiger partial charge is 0.344 e. The Morgan fingerprint density at radius 2 is 1.96 bits per heavy atom. The van der Waals surface area contributed by atoms with Crippen molar-refractivity contribution in [3.63, 3.8) is 0 Å². The Balaban J connectivity index is 2.01. The lowest BCUT2D eigenvalue weighted by Crippen LogP contribution is -2.51. The molecule has 0 spiro atoms. The van der Waals surface area contributed by atoms with Gasteiger partial charge in [-0.25, -0.2) is 0 Å². The van der Waals surface area contributed by atoms with Gasteiger partial charge in [0.15, 0.2) is 5.78 Å². The molecule has 1 fully saturated rings. The first-order valence-electron chi connectivity index (χ1n) is 8.25. The third kappa shape index (κ3) is 4.54. The van der Waals surface area contributed by atoms with Gasteiger partial charge in [-0.3, -0.25) is 14.4 Å². The zero-order chi connectivity index (χ0) is 17.7. The molecule has 0 radical (unpaired) electrons. The fourth-order valence-corrected chi connectivity index (χ4v) is 2.76. The molecule has 0 aromatic heterocycles. The van der Waals surface area contributed by atoms with Crippen molar-refractivity contribution < 1.29 is 14.4 Å². The van der Waals surface area contributed by atoms with Gasteiger partial charge in [0, 0.05) is 23.6 Å². The Kier molecular flexibility index (Phi) is 5.90. The highest BCUT2D eigenvalue weighted by atomic mass is 16.2. The van der Waals surface area contributed by atoms with Crippen LogP contribution in [0.2, 0.25) is 0 Å². The summed E-state index contributed by atoms with van der Waals surface area (Å²) >= 11 is 0. The molecular weight excluding hydrogens is 304 g/mol. The van der Waals surface area contributed by atoms with Crippen molar-refractivity contribution in [3.05, 3.63) is 48.2 Å². The van der Waals surface area contributed by atoms with E-state index in [0.717, 1.165) is 0 Å². The van der Waals surface area contributed by atoms with Gasteiger partial charge in [0.25, 0.3) is 0 Å². The molecule has 1 aliphatic rings. The van der Waals surface area contributed by atoms with Crippen LogP contribution in [0.25, 0.3) is 0 Å². The van der Waals surface area contributed by atoms with Gasteiger partial charge in [-0.1, -0.05) is 50.8 Å². The van der Waals surface area contributed by atoms with Gasteiger partial charge in [-0.05, 0) is 18.8 Å². The molecule has 2 amide bonds. The predicted octanol–water partition coefficient (Wildman–Crippen LogP) is 2.44. The summed E-state index contributed by atoms with van der Waals surface area (Å²) in [5.41, 5.74) is 1.27. The second kappa shape index (κ2) is 7.90. The van der Waals surface area contributed by atoms with E-state index in [1.807, 2.05) is 19.9 Å². The highest BCUT2D eigenvalue weighted by Crippen LogP contribution is 2.20. The fourth-order valence-electron chi connectivity index (χ4n) is 2.76. The van der Waals surface area contributed by atoms with E-state index >= 15 is 0 Å². The average Bonchev–Trinajstić information content (AvgIpc) is 2.55. The average molecular weight is 328 g/mol. The lowest BCUT2D eigenvalue weighted by molar-refractivity contribution is -0.132. The molecule has 128 valence electrons. The number of piperidine rings is 1. The summed E-state index contributed by atoms with van der Waals surface area (Å²) in [5.74, 6) is -1.01. The molecule has 2 rings (SSSR count). The summed E-state index contributed by atoms with van der Waals surface area (Å²) < 4.78 is 0. The van der Waals surface area contributed by atoms with Crippen molar-refractivity contribution >= 4 is 17.6 Å². The number of Topliss-reactive ketones (excluding diaryl/α,β-unsaturated/α-hetero) is 1. The molecule has 24 heavy (non-hydrogen) atoms. The minimum Gasteiger partial charge on any atom is -0.344 e. The number of carbonyl (C=O) groups excluding carboxylic acids is 3. The first-order chi connectivity index (χ1) is 11.4. The third-order valence-electron chi connectivity index (χ3n) is 4.31. The van der Waals surface area contributed by atoms with Crippen LogP contribution in [-0.4, -0.2) is 23.6 Å². The standard InChI is InChI=1S/C19H24N2O3/c1-12(2)15(11-17(22)14-7-5-4-6-8-14)18(23)21-16-10-9-13(3)20-19(16)24/h4-8,12,15-16H,3,9-11H2,1-2H3,(H,20,24)(H,21,23)/t15-,16?/m0/s1. The molecule has 1 aromatic carbocycles. The number of rotatable bonds is 6. The molecule has 1 aromatic rings. The van der Waals surface area contributed by atoms with Crippen molar-refractivity contribution in [3.8, 4) is 0 Å². The second-order valence-electron chi connectivity index (χ2n) is 6.54. The number of carbonyl (C=O) groups is 3. The van der Waals surface area contributed by atoms with Gasteiger partial charge in [0.1, 0.15) is 6.04 Å². The zero-order valence-corrected chi connectivity index (χ0v) is 14.2. The Morgan fingerprint density at radius 3 is 2.54 bits per heavy atom. The molecule has 0 bridgehead atoms. The van der Waals surface area contributed by atoms with E-state index in [2.05, 4.69) is 17.2 Å².